The van der Waals surface area contributed by atoms with Gasteiger partial charge in [-0.25, -0.2) is 9.97 Å². The van der Waals surface area contributed by atoms with Crippen LogP contribution in [0.4, 0.5) is 5.82 Å². The normalized spacial score (nSPS) is 12.5. The Bertz CT molecular complexity index is 269. The van der Waals surface area contributed by atoms with E-state index in [-0.39, 0.29) is 12.5 Å². The predicted molar refractivity (Wildman–Crippen MR) is 51.8 cm³/mol. The maximum absolute atomic E-state index is 8.77. The van der Waals surface area contributed by atoms with Crippen molar-refractivity contribution >= 4 is 17.4 Å². The van der Waals surface area contributed by atoms with Gasteiger partial charge >= 0.3 is 0 Å². The summed E-state index contributed by atoms with van der Waals surface area (Å²) in [6, 6.07) is 1.64. The number of rotatable bonds is 4. The summed E-state index contributed by atoms with van der Waals surface area (Å²) < 4.78 is 0. The molecule has 1 aromatic rings. The highest BCUT2D eigenvalue weighted by molar-refractivity contribution is 6.29. The van der Waals surface area contributed by atoms with Gasteiger partial charge in [0.1, 0.15) is 17.3 Å². The van der Waals surface area contributed by atoms with Crippen molar-refractivity contribution in [2.75, 3.05) is 18.5 Å². The van der Waals surface area contributed by atoms with Gasteiger partial charge < -0.3 is 10.4 Å². The van der Waals surface area contributed by atoms with Crippen molar-refractivity contribution in [2.45, 2.75) is 6.92 Å². The van der Waals surface area contributed by atoms with Crippen molar-refractivity contribution < 1.29 is 5.11 Å². The van der Waals surface area contributed by atoms with Gasteiger partial charge in [0, 0.05) is 19.2 Å². The molecular formula is C8H12ClN3O. The van der Waals surface area contributed by atoms with Crippen molar-refractivity contribution in [3.05, 3.63) is 17.5 Å². The standard InChI is InChI=1S/C8H12ClN3O/c1-6(4-13)3-10-8-2-7(9)11-5-12-8/h2,5-6,13H,3-4H2,1H3,(H,10,11,12). The van der Waals surface area contributed by atoms with Crippen LogP contribution in [0.2, 0.25) is 5.15 Å². The fraction of sp³-hybridized carbons (Fsp3) is 0.500. The summed E-state index contributed by atoms with van der Waals surface area (Å²) in [6.07, 6.45) is 1.40. The minimum absolute atomic E-state index is 0.159. The van der Waals surface area contributed by atoms with Gasteiger partial charge in [-0.1, -0.05) is 18.5 Å². The van der Waals surface area contributed by atoms with E-state index in [2.05, 4.69) is 15.3 Å². The molecule has 5 heteroatoms. The van der Waals surface area contributed by atoms with Crippen LogP contribution in [0.15, 0.2) is 12.4 Å². The molecule has 0 fully saturated rings. The average molecular weight is 202 g/mol. The fourth-order valence-corrected chi connectivity index (χ4v) is 0.921. The Hall–Kier alpha value is -0.870. The summed E-state index contributed by atoms with van der Waals surface area (Å²) in [5, 5.41) is 12.2. The molecule has 1 atom stereocenters. The molecule has 0 aliphatic carbocycles. The number of hydrogen-bond donors (Lipinski definition) is 2. The molecule has 0 aliphatic rings. The van der Waals surface area contributed by atoms with Crippen molar-refractivity contribution in [3.8, 4) is 0 Å². The van der Waals surface area contributed by atoms with Crippen LogP contribution in [0.1, 0.15) is 6.92 Å². The Morgan fingerprint density at radius 1 is 1.62 bits per heavy atom. The van der Waals surface area contributed by atoms with Crippen LogP contribution >= 0.6 is 11.6 Å². The Balaban J connectivity index is 2.45. The smallest absolute Gasteiger partial charge is 0.134 e. The van der Waals surface area contributed by atoms with Gasteiger partial charge in [0.25, 0.3) is 0 Å². The molecule has 0 spiro atoms. The lowest BCUT2D eigenvalue weighted by Crippen LogP contribution is -2.15. The van der Waals surface area contributed by atoms with Crippen LogP contribution in [-0.4, -0.2) is 28.2 Å². The van der Waals surface area contributed by atoms with Crippen molar-refractivity contribution in [1.82, 2.24) is 9.97 Å². The van der Waals surface area contributed by atoms with Gasteiger partial charge in [0.2, 0.25) is 0 Å². The van der Waals surface area contributed by atoms with Crippen LogP contribution in [-0.2, 0) is 0 Å². The van der Waals surface area contributed by atoms with Crippen LogP contribution < -0.4 is 5.32 Å². The third kappa shape index (κ3) is 3.57. The highest BCUT2D eigenvalue weighted by atomic mass is 35.5. The summed E-state index contributed by atoms with van der Waals surface area (Å²) in [7, 11) is 0. The van der Waals surface area contributed by atoms with Gasteiger partial charge in [0.15, 0.2) is 0 Å². The average Bonchev–Trinajstić information content (AvgIpc) is 2.14. The summed E-state index contributed by atoms with van der Waals surface area (Å²) >= 11 is 5.65. The molecule has 0 aliphatic heterocycles. The molecule has 1 heterocycles. The highest BCUT2D eigenvalue weighted by Gasteiger charge is 2.00. The molecule has 0 radical (unpaired) electrons. The first-order chi connectivity index (χ1) is 6.22. The maximum atomic E-state index is 8.77. The van der Waals surface area contributed by atoms with E-state index in [0.29, 0.717) is 17.5 Å². The number of hydrogen-bond acceptors (Lipinski definition) is 4. The zero-order chi connectivity index (χ0) is 9.68. The van der Waals surface area contributed by atoms with Gasteiger partial charge in [0.05, 0.1) is 0 Å². The number of nitrogens with one attached hydrogen (secondary N) is 1. The zero-order valence-corrected chi connectivity index (χ0v) is 8.12. The molecule has 0 aromatic carbocycles. The number of anilines is 1. The number of aliphatic hydroxyl groups excluding tert-OH is 1. The van der Waals surface area contributed by atoms with Gasteiger partial charge in [-0.15, -0.1) is 0 Å². The summed E-state index contributed by atoms with van der Waals surface area (Å²) in [6.45, 7) is 2.77. The van der Waals surface area contributed by atoms with Gasteiger partial charge in [-0.3, -0.25) is 0 Å². The van der Waals surface area contributed by atoms with E-state index in [1.165, 1.54) is 6.33 Å². The van der Waals surface area contributed by atoms with Crippen molar-refractivity contribution in [3.63, 3.8) is 0 Å². The third-order valence-electron chi connectivity index (χ3n) is 1.58. The highest BCUT2D eigenvalue weighted by Crippen LogP contribution is 2.08. The maximum Gasteiger partial charge on any atom is 0.134 e. The fourth-order valence-electron chi connectivity index (χ4n) is 0.774. The molecule has 1 unspecified atom stereocenters. The van der Waals surface area contributed by atoms with E-state index >= 15 is 0 Å². The molecule has 1 aromatic heterocycles. The van der Waals surface area contributed by atoms with E-state index in [4.69, 9.17) is 16.7 Å². The molecule has 0 saturated carbocycles. The number of aliphatic hydroxyl groups is 1. The first-order valence-electron chi connectivity index (χ1n) is 4.04. The number of halogens is 1. The summed E-state index contributed by atoms with van der Waals surface area (Å²) in [5.74, 6) is 0.883. The lowest BCUT2D eigenvalue weighted by molar-refractivity contribution is 0.244. The number of nitrogens with zero attached hydrogens (tertiary/aromatic N) is 2. The summed E-state index contributed by atoms with van der Waals surface area (Å²) in [5.41, 5.74) is 0. The van der Waals surface area contributed by atoms with E-state index in [1.54, 1.807) is 6.07 Å². The topological polar surface area (TPSA) is 58.0 Å². The SMILES string of the molecule is CC(CO)CNc1cc(Cl)ncn1. The Morgan fingerprint density at radius 2 is 2.38 bits per heavy atom. The van der Waals surface area contributed by atoms with Crippen molar-refractivity contribution in [2.24, 2.45) is 5.92 Å². The molecule has 0 bridgehead atoms. The molecule has 72 valence electrons. The first-order valence-corrected chi connectivity index (χ1v) is 4.42. The molecular weight excluding hydrogens is 190 g/mol. The summed E-state index contributed by atoms with van der Waals surface area (Å²) in [4.78, 5) is 7.71. The lowest BCUT2D eigenvalue weighted by Gasteiger charge is -2.09. The molecule has 0 amide bonds. The van der Waals surface area contributed by atoms with Crippen LogP contribution in [0.25, 0.3) is 0 Å². The molecule has 0 saturated heterocycles. The minimum atomic E-state index is 0.159. The third-order valence-corrected chi connectivity index (χ3v) is 1.78. The predicted octanol–water partition coefficient (Wildman–Crippen LogP) is 1.17. The Kier molecular flexibility index (Phi) is 3.92. The van der Waals surface area contributed by atoms with E-state index in [1.807, 2.05) is 6.92 Å². The van der Waals surface area contributed by atoms with Gasteiger partial charge in [-0.05, 0) is 5.92 Å². The second-order valence-electron chi connectivity index (χ2n) is 2.89. The molecule has 2 N–H and O–H groups in total. The second-order valence-corrected chi connectivity index (χ2v) is 3.28. The van der Waals surface area contributed by atoms with Crippen LogP contribution in [0.3, 0.4) is 0 Å². The first kappa shape index (κ1) is 10.2. The minimum Gasteiger partial charge on any atom is -0.396 e. The Labute approximate surface area is 82.0 Å². The monoisotopic (exact) mass is 201 g/mol. The van der Waals surface area contributed by atoms with Crippen molar-refractivity contribution in [1.29, 1.82) is 0 Å². The van der Waals surface area contributed by atoms with Gasteiger partial charge in [-0.2, -0.15) is 0 Å². The van der Waals surface area contributed by atoms with Crippen LogP contribution in [0, 0.1) is 5.92 Å². The second kappa shape index (κ2) is 4.99. The van der Waals surface area contributed by atoms with E-state index in [0.717, 1.165) is 0 Å². The molecule has 13 heavy (non-hydrogen) atoms. The zero-order valence-electron chi connectivity index (χ0n) is 7.37. The molecule has 1 rings (SSSR count). The Morgan fingerprint density at radius 3 is 3.00 bits per heavy atom. The van der Waals surface area contributed by atoms with E-state index < -0.39 is 0 Å². The molecule has 4 nitrogen and oxygen atoms in total. The lowest BCUT2D eigenvalue weighted by atomic mass is 10.2. The van der Waals surface area contributed by atoms with E-state index in [9.17, 15) is 0 Å². The van der Waals surface area contributed by atoms with Crippen LogP contribution in [0.5, 0.6) is 0 Å². The quantitative estimate of drug-likeness (QED) is 0.719. The largest absolute Gasteiger partial charge is 0.396 e. The number of aromatic nitrogens is 2.